The van der Waals surface area contributed by atoms with Gasteiger partial charge in [0.25, 0.3) is 0 Å². The highest BCUT2D eigenvalue weighted by Gasteiger charge is 2.26. The molecule has 1 saturated heterocycles. The number of piperazine rings is 1. The summed E-state index contributed by atoms with van der Waals surface area (Å²) >= 11 is 0. The van der Waals surface area contributed by atoms with E-state index < -0.39 is 15.2 Å². The number of hydrogen-bond acceptors (Lipinski definition) is 4. The first-order valence-corrected chi connectivity index (χ1v) is 7.70. The molecule has 0 aliphatic carbocycles. The predicted molar refractivity (Wildman–Crippen MR) is 68.4 cm³/mol. The van der Waals surface area contributed by atoms with Crippen LogP contribution in [0.3, 0.4) is 0 Å². The fourth-order valence-corrected chi connectivity index (χ4v) is 2.95. The molecule has 1 aliphatic heterocycles. The first-order valence-electron chi connectivity index (χ1n) is 5.74. The Morgan fingerprint density at radius 2 is 2.06 bits per heavy atom. The van der Waals surface area contributed by atoms with Gasteiger partial charge in [-0.15, -0.1) is 0 Å². The van der Waals surface area contributed by atoms with E-state index in [1.54, 1.807) is 0 Å². The Bertz CT molecular complexity index is 459. The molecular weight excluding hydrogens is 236 g/mol. The van der Waals surface area contributed by atoms with Gasteiger partial charge in [0.1, 0.15) is 5.37 Å². The summed E-state index contributed by atoms with van der Waals surface area (Å²) in [6, 6.07) is 10.1. The molecule has 5 heteroatoms. The summed E-state index contributed by atoms with van der Waals surface area (Å²) in [4.78, 5) is 2.18. The van der Waals surface area contributed by atoms with Crippen molar-refractivity contribution >= 4 is 9.84 Å². The molecule has 0 radical (unpaired) electrons. The average Bonchev–Trinajstić information content (AvgIpc) is 2.29. The van der Waals surface area contributed by atoms with Gasteiger partial charge in [-0.1, -0.05) is 30.3 Å². The molecule has 0 spiro atoms. The van der Waals surface area contributed by atoms with E-state index in [9.17, 15) is 8.42 Å². The van der Waals surface area contributed by atoms with E-state index in [4.69, 9.17) is 0 Å². The van der Waals surface area contributed by atoms with Gasteiger partial charge in [0.2, 0.25) is 0 Å². The zero-order chi connectivity index (χ0) is 12.3. The largest absolute Gasteiger partial charge is 0.299 e. The molecule has 0 saturated carbocycles. The van der Waals surface area contributed by atoms with Crippen molar-refractivity contribution in [3.63, 3.8) is 0 Å². The van der Waals surface area contributed by atoms with Crippen LogP contribution >= 0.6 is 0 Å². The van der Waals surface area contributed by atoms with Crippen molar-refractivity contribution in [3.8, 4) is 0 Å². The second kappa shape index (κ2) is 5.16. The Morgan fingerprint density at radius 1 is 1.35 bits per heavy atom. The fourth-order valence-electron chi connectivity index (χ4n) is 2.05. The molecule has 1 heterocycles. The molecule has 4 nitrogen and oxygen atoms in total. The van der Waals surface area contributed by atoms with E-state index in [1.807, 2.05) is 18.2 Å². The van der Waals surface area contributed by atoms with E-state index in [2.05, 4.69) is 22.3 Å². The number of hydrogen-bond donors (Lipinski definition) is 1. The minimum atomic E-state index is -3.00. The van der Waals surface area contributed by atoms with Crippen LogP contribution in [0.15, 0.2) is 30.3 Å². The summed E-state index contributed by atoms with van der Waals surface area (Å²) in [5, 5.41) is 2.61. The monoisotopic (exact) mass is 254 g/mol. The second-order valence-corrected chi connectivity index (χ2v) is 6.72. The van der Waals surface area contributed by atoms with Crippen LogP contribution in [0.1, 0.15) is 5.56 Å². The standard InChI is InChI=1S/C12H18N2O2S/c1-17(15,16)12-10-14(8-7-13-12)9-11-5-3-2-4-6-11/h2-6,12-13H,7-10H2,1H3. The van der Waals surface area contributed by atoms with Crippen LogP contribution in [0.2, 0.25) is 0 Å². The Labute approximate surface area is 103 Å². The minimum absolute atomic E-state index is 0.431. The maximum Gasteiger partial charge on any atom is 0.164 e. The number of nitrogens with zero attached hydrogens (tertiary/aromatic N) is 1. The van der Waals surface area contributed by atoms with Crippen LogP contribution < -0.4 is 5.32 Å². The Balaban J connectivity index is 1.99. The SMILES string of the molecule is CS(=O)(=O)C1CN(Cc2ccccc2)CCN1. The van der Waals surface area contributed by atoms with Gasteiger partial charge in [0.15, 0.2) is 9.84 Å². The third-order valence-electron chi connectivity index (χ3n) is 2.99. The molecule has 1 aromatic rings. The summed E-state index contributed by atoms with van der Waals surface area (Å²) in [6.45, 7) is 2.99. The average molecular weight is 254 g/mol. The molecule has 1 unspecified atom stereocenters. The third kappa shape index (κ3) is 3.52. The summed E-state index contributed by atoms with van der Waals surface area (Å²) in [6.07, 6.45) is 1.29. The molecule has 1 aromatic carbocycles. The third-order valence-corrected chi connectivity index (χ3v) is 4.34. The molecule has 0 bridgehead atoms. The van der Waals surface area contributed by atoms with Gasteiger partial charge >= 0.3 is 0 Å². The highest BCUT2D eigenvalue weighted by molar-refractivity contribution is 7.91. The van der Waals surface area contributed by atoms with Crippen molar-refractivity contribution in [3.05, 3.63) is 35.9 Å². The molecule has 0 aromatic heterocycles. The summed E-state index contributed by atoms with van der Waals surface area (Å²) in [5.74, 6) is 0. The van der Waals surface area contributed by atoms with Crippen LogP contribution in [0, 0.1) is 0 Å². The molecule has 1 fully saturated rings. The molecular formula is C12H18N2O2S. The highest BCUT2D eigenvalue weighted by atomic mass is 32.2. The lowest BCUT2D eigenvalue weighted by Crippen LogP contribution is -2.53. The molecule has 94 valence electrons. The molecule has 1 atom stereocenters. The van der Waals surface area contributed by atoms with Crippen LogP contribution in [-0.2, 0) is 16.4 Å². The van der Waals surface area contributed by atoms with Gasteiger partial charge in [0, 0.05) is 32.4 Å². The van der Waals surface area contributed by atoms with E-state index in [0.717, 1.165) is 19.6 Å². The molecule has 17 heavy (non-hydrogen) atoms. The lowest BCUT2D eigenvalue weighted by molar-refractivity contribution is 0.219. The second-order valence-electron chi connectivity index (χ2n) is 4.49. The van der Waals surface area contributed by atoms with Gasteiger partial charge in [-0.25, -0.2) is 8.42 Å². The lowest BCUT2D eigenvalue weighted by atomic mass is 10.2. The molecule has 1 N–H and O–H groups in total. The summed E-state index contributed by atoms with van der Waals surface area (Å²) in [7, 11) is -3.00. The van der Waals surface area contributed by atoms with Gasteiger partial charge < -0.3 is 0 Å². The maximum absolute atomic E-state index is 11.5. The highest BCUT2D eigenvalue weighted by Crippen LogP contribution is 2.09. The van der Waals surface area contributed by atoms with E-state index in [0.29, 0.717) is 6.54 Å². The first-order chi connectivity index (χ1) is 8.05. The zero-order valence-corrected chi connectivity index (χ0v) is 10.8. The van der Waals surface area contributed by atoms with Crippen LogP contribution in [0.25, 0.3) is 0 Å². The van der Waals surface area contributed by atoms with Crippen molar-refractivity contribution in [2.45, 2.75) is 11.9 Å². The normalized spacial score (nSPS) is 22.5. The van der Waals surface area contributed by atoms with E-state index in [-0.39, 0.29) is 0 Å². The molecule has 2 rings (SSSR count). The summed E-state index contributed by atoms with van der Waals surface area (Å²) in [5.41, 5.74) is 1.22. The topological polar surface area (TPSA) is 49.4 Å². The smallest absolute Gasteiger partial charge is 0.164 e. The Morgan fingerprint density at radius 3 is 2.71 bits per heavy atom. The number of benzene rings is 1. The van der Waals surface area contributed by atoms with Crippen molar-refractivity contribution in [1.29, 1.82) is 0 Å². The predicted octanol–water partition coefficient (Wildman–Crippen LogP) is 0.462. The van der Waals surface area contributed by atoms with Crippen LogP contribution in [0.4, 0.5) is 0 Å². The van der Waals surface area contributed by atoms with Gasteiger partial charge in [-0.05, 0) is 5.56 Å². The van der Waals surface area contributed by atoms with Gasteiger partial charge in [-0.3, -0.25) is 10.2 Å². The number of rotatable bonds is 3. The zero-order valence-electron chi connectivity index (χ0n) is 9.96. The van der Waals surface area contributed by atoms with Gasteiger partial charge in [-0.2, -0.15) is 0 Å². The van der Waals surface area contributed by atoms with Crippen LogP contribution in [-0.4, -0.2) is 44.6 Å². The summed E-state index contributed by atoms with van der Waals surface area (Å²) < 4.78 is 23.0. The lowest BCUT2D eigenvalue weighted by Gasteiger charge is -2.32. The number of nitrogens with one attached hydrogen (secondary N) is 1. The van der Waals surface area contributed by atoms with Crippen LogP contribution in [0.5, 0.6) is 0 Å². The minimum Gasteiger partial charge on any atom is -0.299 e. The fraction of sp³-hybridized carbons (Fsp3) is 0.500. The Hall–Kier alpha value is -0.910. The quantitative estimate of drug-likeness (QED) is 0.851. The molecule has 0 amide bonds. The maximum atomic E-state index is 11.5. The van der Waals surface area contributed by atoms with E-state index >= 15 is 0 Å². The molecule has 1 aliphatic rings. The van der Waals surface area contributed by atoms with Crippen molar-refractivity contribution in [1.82, 2.24) is 10.2 Å². The van der Waals surface area contributed by atoms with Gasteiger partial charge in [0.05, 0.1) is 0 Å². The van der Waals surface area contributed by atoms with Crippen molar-refractivity contribution in [2.75, 3.05) is 25.9 Å². The Kier molecular flexibility index (Phi) is 3.81. The van der Waals surface area contributed by atoms with E-state index in [1.165, 1.54) is 11.8 Å². The van der Waals surface area contributed by atoms with Crippen molar-refractivity contribution < 1.29 is 8.42 Å². The number of sulfone groups is 1. The first kappa shape index (κ1) is 12.5. The van der Waals surface area contributed by atoms with Crippen molar-refractivity contribution in [2.24, 2.45) is 0 Å².